The normalized spacial score (nSPS) is 11.2. The maximum absolute atomic E-state index is 11.4. The number of methoxy groups -OCH3 is 1. The van der Waals surface area contributed by atoms with Crippen molar-refractivity contribution in [3.63, 3.8) is 0 Å². The molecule has 18 heavy (non-hydrogen) atoms. The molecule has 0 bridgehead atoms. The fourth-order valence-electron chi connectivity index (χ4n) is 1.30. The van der Waals surface area contributed by atoms with Gasteiger partial charge in [-0.25, -0.2) is 13.1 Å². The maximum atomic E-state index is 11.4. The highest BCUT2D eigenvalue weighted by Gasteiger charge is 2.15. The molecule has 0 atom stereocenters. The first-order valence-corrected chi connectivity index (χ1v) is 6.97. The number of esters is 1. The monoisotopic (exact) mass is 272 g/mol. The fraction of sp³-hybridized carbons (Fsp3) is 0.364. The van der Waals surface area contributed by atoms with E-state index in [9.17, 15) is 13.2 Å². The van der Waals surface area contributed by atoms with Crippen LogP contribution in [0.5, 0.6) is 0 Å². The molecule has 7 heteroatoms. The van der Waals surface area contributed by atoms with Crippen molar-refractivity contribution in [2.24, 2.45) is 0 Å². The molecule has 6 nitrogen and oxygen atoms in total. The van der Waals surface area contributed by atoms with Gasteiger partial charge in [-0.3, -0.25) is 4.79 Å². The second kappa shape index (κ2) is 6.36. The van der Waals surface area contributed by atoms with E-state index in [-0.39, 0.29) is 6.54 Å². The van der Waals surface area contributed by atoms with Gasteiger partial charge < -0.3 is 10.5 Å². The number of anilines is 1. The molecule has 0 fully saturated rings. The van der Waals surface area contributed by atoms with Gasteiger partial charge in [-0.05, 0) is 24.1 Å². The smallest absolute Gasteiger partial charge is 0.322 e. The zero-order valence-electron chi connectivity index (χ0n) is 10.0. The van der Waals surface area contributed by atoms with Gasteiger partial charge in [-0.2, -0.15) is 0 Å². The second-order valence-electron chi connectivity index (χ2n) is 3.72. The average molecular weight is 272 g/mol. The van der Waals surface area contributed by atoms with Crippen molar-refractivity contribution in [1.29, 1.82) is 0 Å². The summed E-state index contributed by atoms with van der Waals surface area (Å²) in [4.78, 5) is 10.8. The van der Waals surface area contributed by atoms with E-state index in [2.05, 4.69) is 9.46 Å². The molecule has 1 aromatic carbocycles. The predicted molar refractivity (Wildman–Crippen MR) is 68.4 cm³/mol. The molecule has 0 saturated heterocycles. The molecule has 0 spiro atoms. The van der Waals surface area contributed by atoms with Crippen LogP contribution in [-0.4, -0.2) is 33.8 Å². The van der Waals surface area contributed by atoms with Gasteiger partial charge in [0.15, 0.2) is 5.75 Å². The lowest BCUT2D eigenvalue weighted by atomic mass is 10.1. The zero-order valence-corrected chi connectivity index (χ0v) is 10.9. The summed E-state index contributed by atoms with van der Waals surface area (Å²) in [5, 5.41) is 0. The summed E-state index contributed by atoms with van der Waals surface area (Å²) in [5.74, 6) is -1.44. The molecule has 1 rings (SSSR count). The molecule has 0 saturated carbocycles. The number of nitrogen functional groups attached to an aromatic ring is 1. The summed E-state index contributed by atoms with van der Waals surface area (Å²) >= 11 is 0. The molecule has 0 unspecified atom stereocenters. The van der Waals surface area contributed by atoms with Crippen LogP contribution in [0.4, 0.5) is 5.69 Å². The molecule has 0 heterocycles. The predicted octanol–water partition coefficient (Wildman–Crippen LogP) is -0.0963. The number of carbonyl (C=O) groups excluding carboxylic acids is 1. The Morgan fingerprint density at radius 3 is 2.50 bits per heavy atom. The van der Waals surface area contributed by atoms with Gasteiger partial charge in [-0.15, -0.1) is 0 Å². The third-order valence-electron chi connectivity index (χ3n) is 2.25. The van der Waals surface area contributed by atoms with E-state index in [1.165, 1.54) is 0 Å². The number of rotatable bonds is 6. The van der Waals surface area contributed by atoms with E-state index in [0.717, 1.165) is 12.7 Å². The highest BCUT2D eigenvalue weighted by atomic mass is 32.2. The Morgan fingerprint density at radius 2 is 1.94 bits per heavy atom. The number of hydrogen-bond donors (Lipinski definition) is 2. The molecule has 1 aromatic rings. The summed E-state index contributed by atoms with van der Waals surface area (Å²) in [5.41, 5.74) is 7.15. The minimum Gasteiger partial charge on any atom is -0.468 e. The molecular weight excluding hydrogens is 256 g/mol. The minimum atomic E-state index is -3.62. The summed E-state index contributed by atoms with van der Waals surface area (Å²) < 4.78 is 29.4. The number of carbonyl (C=O) groups is 1. The largest absolute Gasteiger partial charge is 0.468 e. The zero-order chi connectivity index (χ0) is 13.6. The minimum absolute atomic E-state index is 0.225. The van der Waals surface area contributed by atoms with Gasteiger partial charge in [-0.1, -0.05) is 12.1 Å². The van der Waals surface area contributed by atoms with Crippen molar-refractivity contribution in [1.82, 2.24) is 4.72 Å². The van der Waals surface area contributed by atoms with Crippen LogP contribution in [-0.2, 0) is 26.0 Å². The molecule has 3 N–H and O–H groups in total. The van der Waals surface area contributed by atoms with Crippen LogP contribution in [0, 0.1) is 0 Å². The first-order valence-electron chi connectivity index (χ1n) is 5.31. The van der Waals surface area contributed by atoms with Crippen LogP contribution in [0.2, 0.25) is 0 Å². The number of nitrogens with two attached hydrogens (primary N) is 1. The molecule has 0 aromatic heterocycles. The number of sulfonamides is 1. The van der Waals surface area contributed by atoms with Crippen molar-refractivity contribution in [2.75, 3.05) is 25.1 Å². The van der Waals surface area contributed by atoms with E-state index >= 15 is 0 Å². The summed E-state index contributed by atoms with van der Waals surface area (Å²) in [6.45, 7) is 0.225. The Labute approximate surface area is 106 Å². The van der Waals surface area contributed by atoms with Crippen LogP contribution < -0.4 is 10.5 Å². The summed E-state index contributed by atoms with van der Waals surface area (Å²) in [6.07, 6.45) is 0.528. The van der Waals surface area contributed by atoms with Crippen molar-refractivity contribution in [2.45, 2.75) is 6.42 Å². The first kappa shape index (κ1) is 14.5. The molecular formula is C11H16N2O4S. The second-order valence-corrected chi connectivity index (χ2v) is 5.53. The Hall–Kier alpha value is -1.60. The summed E-state index contributed by atoms with van der Waals surface area (Å²) in [6, 6.07) is 7.14. The van der Waals surface area contributed by atoms with E-state index < -0.39 is 21.7 Å². The topological polar surface area (TPSA) is 98.5 Å². The van der Waals surface area contributed by atoms with Crippen LogP contribution in [0.1, 0.15) is 5.56 Å². The van der Waals surface area contributed by atoms with Crippen molar-refractivity contribution >= 4 is 21.7 Å². The van der Waals surface area contributed by atoms with Gasteiger partial charge in [0.1, 0.15) is 0 Å². The lowest BCUT2D eigenvalue weighted by Crippen LogP contribution is -2.32. The number of hydrogen-bond acceptors (Lipinski definition) is 5. The average Bonchev–Trinajstić information content (AvgIpc) is 2.31. The Morgan fingerprint density at radius 1 is 1.33 bits per heavy atom. The third-order valence-corrected chi connectivity index (χ3v) is 3.51. The quantitative estimate of drug-likeness (QED) is 0.557. The van der Waals surface area contributed by atoms with Crippen molar-refractivity contribution < 1.29 is 17.9 Å². The van der Waals surface area contributed by atoms with Gasteiger partial charge in [0.05, 0.1) is 7.11 Å². The van der Waals surface area contributed by atoms with E-state index in [1.807, 2.05) is 12.1 Å². The summed E-state index contributed by atoms with van der Waals surface area (Å²) in [7, 11) is -2.48. The van der Waals surface area contributed by atoms with Crippen molar-refractivity contribution in [3.05, 3.63) is 29.8 Å². The first-order chi connectivity index (χ1) is 8.43. The highest BCUT2D eigenvalue weighted by molar-refractivity contribution is 7.90. The molecule has 0 aliphatic carbocycles. The van der Waals surface area contributed by atoms with Gasteiger partial charge in [0.2, 0.25) is 10.0 Å². The highest BCUT2D eigenvalue weighted by Crippen LogP contribution is 2.05. The molecule has 0 aliphatic rings. The SMILES string of the molecule is COC(=O)CS(=O)(=O)NCCc1ccc(N)cc1. The Bertz CT molecular complexity index is 496. The van der Waals surface area contributed by atoms with Crippen LogP contribution >= 0.6 is 0 Å². The van der Waals surface area contributed by atoms with Crippen LogP contribution in [0.3, 0.4) is 0 Å². The number of ether oxygens (including phenoxy) is 1. The third kappa shape index (κ3) is 5.15. The lowest BCUT2D eigenvalue weighted by Gasteiger charge is -2.06. The van der Waals surface area contributed by atoms with E-state index in [4.69, 9.17) is 5.73 Å². The van der Waals surface area contributed by atoms with E-state index in [1.54, 1.807) is 12.1 Å². The standard InChI is InChI=1S/C11H16N2O4S/c1-17-11(14)8-18(15,16)13-7-6-9-2-4-10(12)5-3-9/h2-5,13H,6-8,12H2,1H3. The van der Waals surface area contributed by atoms with Crippen LogP contribution in [0.15, 0.2) is 24.3 Å². The maximum Gasteiger partial charge on any atom is 0.322 e. The Kier molecular flexibility index (Phi) is 5.11. The lowest BCUT2D eigenvalue weighted by molar-refractivity contribution is -0.137. The van der Waals surface area contributed by atoms with Gasteiger partial charge in [0.25, 0.3) is 0 Å². The number of nitrogens with one attached hydrogen (secondary N) is 1. The van der Waals surface area contributed by atoms with E-state index in [0.29, 0.717) is 12.1 Å². The Balaban J connectivity index is 2.41. The molecule has 0 amide bonds. The van der Waals surface area contributed by atoms with Gasteiger partial charge in [0, 0.05) is 12.2 Å². The van der Waals surface area contributed by atoms with Crippen LogP contribution in [0.25, 0.3) is 0 Å². The molecule has 100 valence electrons. The number of benzene rings is 1. The molecule has 0 aliphatic heterocycles. The molecule has 0 radical (unpaired) electrons. The fourth-order valence-corrected chi connectivity index (χ4v) is 2.24. The van der Waals surface area contributed by atoms with Gasteiger partial charge >= 0.3 is 5.97 Å². The van der Waals surface area contributed by atoms with Crippen molar-refractivity contribution in [3.8, 4) is 0 Å².